The smallest absolute Gasteiger partial charge is 0.252 e. The highest BCUT2D eigenvalue weighted by atomic mass is 28.3. The van der Waals surface area contributed by atoms with Gasteiger partial charge in [-0.05, 0) is 108 Å². The molecule has 0 N–H and O–H groups in total. The third kappa shape index (κ3) is 4.87. The van der Waals surface area contributed by atoms with Gasteiger partial charge in [0.1, 0.15) is 0 Å². The van der Waals surface area contributed by atoms with Crippen LogP contribution in [0.1, 0.15) is 58.2 Å². The minimum atomic E-state index is -2.78. The molecular formula is C51H47BN2Si. The van der Waals surface area contributed by atoms with Crippen molar-refractivity contribution in [1.29, 1.82) is 0 Å². The van der Waals surface area contributed by atoms with E-state index >= 15 is 0 Å². The van der Waals surface area contributed by atoms with Crippen molar-refractivity contribution in [2.24, 2.45) is 0 Å². The predicted octanol–water partition coefficient (Wildman–Crippen LogP) is 8.36. The van der Waals surface area contributed by atoms with Crippen LogP contribution < -0.4 is 46.9 Å². The average Bonchev–Trinajstić information content (AvgIpc) is 3.18. The van der Waals surface area contributed by atoms with E-state index in [9.17, 15) is 0 Å². The van der Waals surface area contributed by atoms with Gasteiger partial charge in [-0.2, -0.15) is 0 Å². The van der Waals surface area contributed by atoms with E-state index in [0.717, 1.165) is 0 Å². The number of anilines is 6. The molecule has 0 atom stereocenters. The molecule has 0 saturated carbocycles. The monoisotopic (exact) mass is 726 g/mol. The summed E-state index contributed by atoms with van der Waals surface area (Å²) in [6, 6.07) is 60.9. The number of aryl methyl sites for hydroxylation is 1. The minimum absolute atomic E-state index is 0.00302. The summed E-state index contributed by atoms with van der Waals surface area (Å²) in [5.41, 5.74) is 15.9. The lowest BCUT2D eigenvalue weighted by Crippen LogP contribution is -2.79. The summed E-state index contributed by atoms with van der Waals surface area (Å²) in [4.78, 5) is 5.20. The topological polar surface area (TPSA) is 6.48 Å². The number of nitrogens with zero attached hydrogens (tertiary/aromatic N) is 2. The molecule has 3 heterocycles. The fraction of sp³-hybridized carbons (Fsp3) is 0.176. The molecule has 3 aliphatic heterocycles. The summed E-state index contributed by atoms with van der Waals surface area (Å²) in [5.74, 6) is 0. The van der Waals surface area contributed by atoms with Gasteiger partial charge in [0.25, 0.3) is 6.71 Å². The quantitative estimate of drug-likeness (QED) is 0.169. The van der Waals surface area contributed by atoms with E-state index in [1.807, 2.05) is 0 Å². The Morgan fingerprint density at radius 2 is 1.02 bits per heavy atom. The van der Waals surface area contributed by atoms with Crippen LogP contribution in [0.2, 0.25) is 0 Å². The Morgan fingerprint density at radius 3 is 1.65 bits per heavy atom. The molecule has 268 valence electrons. The number of benzene rings is 7. The fourth-order valence-corrected chi connectivity index (χ4v) is 15.0. The molecule has 0 fully saturated rings. The van der Waals surface area contributed by atoms with Crippen molar-refractivity contribution in [3.63, 3.8) is 0 Å². The molecule has 2 nitrogen and oxygen atoms in total. The summed E-state index contributed by atoms with van der Waals surface area (Å²) < 4.78 is 0. The lowest BCUT2D eigenvalue weighted by atomic mass is 9.33. The number of para-hydroxylation sites is 2. The first-order valence-electron chi connectivity index (χ1n) is 19.8. The van der Waals surface area contributed by atoms with E-state index < -0.39 is 8.07 Å². The SMILES string of the molecule is Cc1cc2c3c(c1)N1c4ccccc4[Si](c4ccccc4)(c4ccccc4)c4cccc(c41)B3c1cc(C(C)(C)C)ccc1N2c1ccc(C(C)(C)C)cc1. The molecule has 3 aliphatic rings. The second-order valence-corrected chi connectivity index (χ2v) is 21.6. The first-order chi connectivity index (χ1) is 26.5. The van der Waals surface area contributed by atoms with Crippen molar-refractivity contribution in [1.82, 2.24) is 0 Å². The number of hydrogen-bond donors (Lipinski definition) is 0. The van der Waals surface area contributed by atoms with Crippen molar-refractivity contribution in [3.8, 4) is 0 Å². The Balaban J connectivity index is 1.33. The van der Waals surface area contributed by atoms with Crippen molar-refractivity contribution in [2.45, 2.75) is 59.3 Å². The van der Waals surface area contributed by atoms with Gasteiger partial charge in [-0.15, -0.1) is 0 Å². The lowest BCUT2D eigenvalue weighted by Gasteiger charge is -2.51. The van der Waals surface area contributed by atoms with Gasteiger partial charge in [0.2, 0.25) is 0 Å². The van der Waals surface area contributed by atoms with E-state index in [1.54, 1.807) is 0 Å². The normalized spacial score (nSPS) is 14.9. The van der Waals surface area contributed by atoms with Gasteiger partial charge in [-0.25, -0.2) is 0 Å². The summed E-state index contributed by atoms with van der Waals surface area (Å²) in [6.45, 7) is 16.2. The summed E-state index contributed by atoms with van der Waals surface area (Å²) in [6.07, 6.45) is 0. The molecule has 0 aliphatic carbocycles. The maximum atomic E-state index is 2.65. The van der Waals surface area contributed by atoms with Crippen LogP contribution in [-0.2, 0) is 10.8 Å². The molecule has 0 aromatic heterocycles. The second kappa shape index (κ2) is 12.0. The summed E-state index contributed by atoms with van der Waals surface area (Å²) >= 11 is 0. The Kier molecular flexibility index (Phi) is 7.38. The van der Waals surface area contributed by atoms with Gasteiger partial charge in [0.15, 0.2) is 8.07 Å². The highest BCUT2D eigenvalue weighted by Crippen LogP contribution is 2.46. The van der Waals surface area contributed by atoms with Gasteiger partial charge in [-0.1, -0.05) is 163 Å². The average molecular weight is 727 g/mol. The van der Waals surface area contributed by atoms with Gasteiger partial charge in [-0.3, -0.25) is 0 Å². The highest BCUT2D eigenvalue weighted by molar-refractivity contribution is 7.22. The van der Waals surface area contributed by atoms with Crippen LogP contribution in [0.25, 0.3) is 0 Å². The standard InChI is InChI=1S/C51H47BN2Si/c1-34-31-44-48-45(32-34)54-43-22-14-15-23-46(43)55(38-17-10-8-11-18-38,39-19-12-9-13-20-39)47-24-16-21-40(49(47)54)52(48)41-33-36(51(5,6)7)27-30-42(41)53(44)37-28-25-35(26-29-37)50(2,3)4/h8-33H,1-7H3. The Labute approximate surface area is 328 Å². The first-order valence-corrected chi connectivity index (χ1v) is 21.8. The molecule has 10 rings (SSSR count). The minimum Gasteiger partial charge on any atom is -0.312 e. The molecule has 7 aromatic carbocycles. The van der Waals surface area contributed by atoms with Crippen molar-refractivity contribution < 1.29 is 0 Å². The lowest BCUT2D eigenvalue weighted by molar-refractivity contribution is 0.590. The fourth-order valence-electron chi connectivity index (χ4n) is 9.89. The molecule has 7 aromatic rings. The third-order valence-electron chi connectivity index (χ3n) is 12.5. The Bertz CT molecular complexity index is 2600. The first kappa shape index (κ1) is 34.0. The van der Waals surface area contributed by atoms with Crippen molar-refractivity contribution >= 4 is 86.0 Å². The molecule has 0 bridgehead atoms. The van der Waals surface area contributed by atoms with Crippen LogP contribution in [0, 0.1) is 6.92 Å². The Morgan fingerprint density at radius 1 is 0.455 bits per heavy atom. The van der Waals surface area contributed by atoms with E-state index in [4.69, 9.17) is 0 Å². The largest absolute Gasteiger partial charge is 0.312 e. The maximum absolute atomic E-state index is 2.78. The second-order valence-electron chi connectivity index (χ2n) is 17.9. The van der Waals surface area contributed by atoms with Gasteiger partial charge < -0.3 is 9.80 Å². The molecule has 0 unspecified atom stereocenters. The van der Waals surface area contributed by atoms with Crippen molar-refractivity contribution in [3.05, 3.63) is 174 Å². The zero-order valence-corrected chi connectivity index (χ0v) is 34.0. The van der Waals surface area contributed by atoms with E-state index in [-0.39, 0.29) is 17.5 Å². The molecule has 0 radical (unpaired) electrons. The van der Waals surface area contributed by atoms with Gasteiger partial charge >= 0.3 is 0 Å². The number of hydrogen-bond acceptors (Lipinski definition) is 2. The van der Waals surface area contributed by atoms with E-state index in [0.29, 0.717) is 0 Å². The molecule has 0 amide bonds. The molecular weight excluding hydrogens is 679 g/mol. The van der Waals surface area contributed by atoms with Crippen LogP contribution >= 0.6 is 0 Å². The molecule has 0 saturated heterocycles. The molecule has 0 spiro atoms. The van der Waals surface area contributed by atoms with E-state index in [2.05, 4.69) is 216 Å². The van der Waals surface area contributed by atoms with Crippen LogP contribution in [0.5, 0.6) is 0 Å². The van der Waals surface area contributed by atoms with Crippen LogP contribution in [0.4, 0.5) is 34.1 Å². The maximum Gasteiger partial charge on any atom is 0.252 e. The summed E-state index contributed by atoms with van der Waals surface area (Å²) in [7, 11) is -2.78. The zero-order valence-electron chi connectivity index (χ0n) is 33.0. The van der Waals surface area contributed by atoms with Gasteiger partial charge in [0.05, 0.1) is 0 Å². The number of fused-ring (bicyclic) bond motifs is 6. The van der Waals surface area contributed by atoms with Crippen LogP contribution in [0.3, 0.4) is 0 Å². The van der Waals surface area contributed by atoms with Crippen molar-refractivity contribution in [2.75, 3.05) is 9.80 Å². The van der Waals surface area contributed by atoms with Gasteiger partial charge in [0, 0.05) is 34.1 Å². The molecule has 55 heavy (non-hydrogen) atoms. The van der Waals surface area contributed by atoms with Crippen LogP contribution in [-0.4, -0.2) is 14.8 Å². The highest BCUT2D eigenvalue weighted by Gasteiger charge is 2.53. The number of rotatable bonds is 3. The zero-order chi connectivity index (χ0) is 37.9. The Hall–Kier alpha value is -5.58. The predicted molar refractivity (Wildman–Crippen MR) is 240 cm³/mol. The molecule has 4 heteroatoms. The summed E-state index contributed by atoms with van der Waals surface area (Å²) in [5, 5.41) is 5.73. The third-order valence-corrected chi connectivity index (χ3v) is 17.3. The van der Waals surface area contributed by atoms with E-state index in [1.165, 1.54) is 87.9 Å². The van der Waals surface area contributed by atoms with Crippen LogP contribution in [0.15, 0.2) is 158 Å².